The highest BCUT2D eigenvalue weighted by Gasteiger charge is 2.53. The van der Waals surface area contributed by atoms with Crippen molar-refractivity contribution < 1.29 is 0 Å². The van der Waals surface area contributed by atoms with Crippen LogP contribution in [-0.4, -0.2) is 16.7 Å². The Kier molecular flexibility index (Phi) is 7.90. The summed E-state index contributed by atoms with van der Waals surface area (Å²) in [7, 11) is 0. The molecule has 1 fully saturated rings. The molecule has 3 unspecified atom stereocenters. The van der Waals surface area contributed by atoms with E-state index in [1.54, 1.807) is 0 Å². The van der Waals surface area contributed by atoms with Gasteiger partial charge in [0, 0.05) is 28.9 Å². The molecule has 0 bridgehead atoms. The molecule has 2 aliphatic carbocycles. The van der Waals surface area contributed by atoms with Gasteiger partial charge in [-0.05, 0) is 75.1 Å². The zero-order chi connectivity index (χ0) is 34.0. The molecule has 0 saturated heterocycles. The number of aromatic nitrogens is 1. The molecular formula is C47H36N4. The van der Waals surface area contributed by atoms with Gasteiger partial charge in [-0.15, -0.1) is 0 Å². The molecule has 4 nitrogen and oxygen atoms in total. The fourth-order valence-corrected chi connectivity index (χ4v) is 7.53. The fourth-order valence-electron chi connectivity index (χ4n) is 7.53. The molecule has 3 aliphatic rings. The van der Waals surface area contributed by atoms with Crippen LogP contribution in [0.25, 0.3) is 11.1 Å². The van der Waals surface area contributed by atoms with Crippen molar-refractivity contribution in [1.29, 1.82) is 0 Å². The van der Waals surface area contributed by atoms with Crippen molar-refractivity contribution in [2.24, 2.45) is 15.9 Å². The minimum atomic E-state index is -0.425. The summed E-state index contributed by atoms with van der Waals surface area (Å²) in [5.41, 5.74) is 11.5. The molecule has 2 heterocycles. The van der Waals surface area contributed by atoms with Crippen LogP contribution in [0, 0.1) is 5.92 Å². The third-order valence-electron chi connectivity index (χ3n) is 10.2. The predicted octanol–water partition coefficient (Wildman–Crippen LogP) is 9.99. The summed E-state index contributed by atoms with van der Waals surface area (Å²) >= 11 is 0. The Morgan fingerprint density at radius 3 is 1.73 bits per heavy atom. The molecule has 0 amide bonds. The van der Waals surface area contributed by atoms with Crippen LogP contribution in [0.5, 0.6) is 0 Å². The first-order valence-corrected chi connectivity index (χ1v) is 17.6. The highest BCUT2D eigenvalue weighted by molar-refractivity contribution is 6.17. The van der Waals surface area contributed by atoms with Crippen LogP contribution >= 0.6 is 0 Å². The van der Waals surface area contributed by atoms with Gasteiger partial charge in [0.25, 0.3) is 0 Å². The molecule has 6 aromatic rings. The van der Waals surface area contributed by atoms with Crippen molar-refractivity contribution in [3.05, 3.63) is 233 Å². The first kappa shape index (κ1) is 30.7. The third kappa shape index (κ3) is 5.95. The first-order valence-electron chi connectivity index (χ1n) is 17.6. The second kappa shape index (κ2) is 13.1. The number of nitrogens with one attached hydrogen (secondary N) is 1. The predicted molar refractivity (Wildman–Crippen MR) is 208 cm³/mol. The van der Waals surface area contributed by atoms with Gasteiger partial charge in [-0.3, -0.25) is 4.98 Å². The number of nitrogens with zero attached hydrogens (tertiary/aromatic N) is 3. The highest BCUT2D eigenvalue weighted by Crippen LogP contribution is 2.58. The van der Waals surface area contributed by atoms with Crippen molar-refractivity contribution in [1.82, 2.24) is 10.3 Å². The van der Waals surface area contributed by atoms with Gasteiger partial charge in [0.2, 0.25) is 0 Å². The molecule has 4 heteroatoms. The van der Waals surface area contributed by atoms with Gasteiger partial charge in [0.1, 0.15) is 11.7 Å². The second-order valence-corrected chi connectivity index (χ2v) is 13.3. The molecule has 3 atom stereocenters. The molecule has 5 aromatic carbocycles. The molecule has 1 N–H and O–H groups in total. The van der Waals surface area contributed by atoms with Crippen molar-refractivity contribution >= 4 is 22.8 Å². The van der Waals surface area contributed by atoms with E-state index in [-0.39, 0.29) is 5.41 Å². The number of rotatable bonds is 8. The van der Waals surface area contributed by atoms with E-state index in [2.05, 4.69) is 180 Å². The van der Waals surface area contributed by atoms with Crippen LogP contribution in [0.3, 0.4) is 0 Å². The smallest absolute Gasteiger partial charge is 0.169 e. The molecular weight excluding hydrogens is 621 g/mol. The summed E-state index contributed by atoms with van der Waals surface area (Å²) in [4.78, 5) is 14.8. The maximum atomic E-state index is 5.31. The van der Waals surface area contributed by atoms with Gasteiger partial charge in [-0.1, -0.05) is 158 Å². The van der Waals surface area contributed by atoms with E-state index in [0.717, 1.165) is 45.9 Å². The number of allylic oxidation sites excluding steroid dienone is 2. The Balaban J connectivity index is 1.17. The Bertz CT molecular complexity index is 2300. The summed E-state index contributed by atoms with van der Waals surface area (Å²) in [6, 6.07) is 55.5. The summed E-state index contributed by atoms with van der Waals surface area (Å²) < 4.78 is 0. The fraction of sp³-hybridized carbons (Fsp3) is 0.0851. The Morgan fingerprint density at radius 1 is 0.569 bits per heavy atom. The number of pyridine rings is 1. The lowest BCUT2D eigenvalue weighted by atomic mass is 9.85. The normalized spacial score (nSPS) is 20.2. The summed E-state index contributed by atoms with van der Waals surface area (Å²) in [5.74, 6) is 2.09. The third-order valence-corrected chi connectivity index (χ3v) is 10.2. The number of hydrogen-bond acceptors (Lipinski definition) is 4. The van der Waals surface area contributed by atoms with Gasteiger partial charge in [0.05, 0.1) is 0 Å². The van der Waals surface area contributed by atoms with E-state index in [1.807, 2.05) is 18.5 Å². The maximum Gasteiger partial charge on any atom is 0.169 e. The van der Waals surface area contributed by atoms with E-state index in [9.17, 15) is 0 Å². The second-order valence-electron chi connectivity index (χ2n) is 13.3. The van der Waals surface area contributed by atoms with Crippen molar-refractivity contribution in [2.45, 2.75) is 18.0 Å². The van der Waals surface area contributed by atoms with Gasteiger partial charge in [-0.2, -0.15) is 0 Å². The van der Waals surface area contributed by atoms with Gasteiger partial charge >= 0.3 is 0 Å². The van der Waals surface area contributed by atoms with Crippen LogP contribution in [0.15, 0.2) is 204 Å². The minimum absolute atomic E-state index is 0.0567. The quantitative estimate of drug-likeness (QED) is 0.166. The van der Waals surface area contributed by atoms with E-state index >= 15 is 0 Å². The molecule has 9 rings (SSSR count). The molecule has 51 heavy (non-hydrogen) atoms. The van der Waals surface area contributed by atoms with Gasteiger partial charge < -0.3 is 5.32 Å². The van der Waals surface area contributed by atoms with Crippen molar-refractivity contribution in [3.8, 4) is 0 Å². The van der Waals surface area contributed by atoms with E-state index in [1.165, 1.54) is 27.8 Å². The SMILES string of the molecule is C1=CC2(c3ccncc3)CC2C=C1C1=NC(c2cccc(C(=C(c3ccccc3)c3ccccc3)c3ccccc3)c2)N=C(c2ccccc2)N1. The van der Waals surface area contributed by atoms with E-state index < -0.39 is 6.17 Å². The largest absolute Gasteiger partial charge is 0.324 e. The number of hydrogen-bond donors (Lipinski definition) is 1. The molecule has 0 radical (unpaired) electrons. The molecule has 1 saturated carbocycles. The average molecular weight is 657 g/mol. The Morgan fingerprint density at radius 2 is 1.12 bits per heavy atom. The zero-order valence-corrected chi connectivity index (χ0v) is 28.1. The van der Waals surface area contributed by atoms with Gasteiger partial charge in [-0.25, -0.2) is 9.98 Å². The lowest BCUT2D eigenvalue weighted by Crippen LogP contribution is -2.36. The number of aliphatic imine (C=N–C) groups is 2. The summed E-state index contributed by atoms with van der Waals surface area (Å²) in [5, 5.41) is 3.62. The summed E-state index contributed by atoms with van der Waals surface area (Å²) in [6.45, 7) is 0. The lowest BCUT2D eigenvalue weighted by molar-refractivity contribution is 0.753. The molecule has 0 spiro atoms. The van der Waals surface area contributed by atoms with Crippen molar-refractivity contribution in [2.75, 3.05) is 0 Å². The maximum absolute atomic E-state index is 5.31. The Labute approximate surface area is 299 Å². The first-order chi connectivity index (χ1) is 25.2. The highest BCUT2D eigenvalue weighted by atomic mass is 15.2. The average Bonchev–Trinajstić information content (AvgIpc) is 3.97. The van der Waals surface area contributed by atoms with Crippen LogP contribution < -0.4 is 5.32 Å². The van der Waals surface area contributed by atoms with Crippen LogP contribution in [0.4, 0.5) is 0 Å². The van der Waals surface area contributed by atoms with Crippen molar-refractivity contribution in [3.63, 3.8) is 0 Å². The van der Waals surface area contributed by atoms with E-state index in [0.29, 0.717) is 5.92 Å². The Hall–Kier alpha value is -6.39. The lowest BCUT2D eigenvalue weighted by Gasteiger charge is -2.25. The monoisotopic (exact) mass is 656 g/mol. The molecule has 1 aliphatic heterocycles. The standard InChI is InChI=1S/C47H36N4/c1-5-14-33(15-6-1)42(34-16-7-2-8-17-34)43(35-18-9-3-10-19-35)37-22-13-23-38(30-37)45-49-44(36-20-11-4-12-21-36)50-46(51-45)39-24-27-47(32-41(47)31-39)40-25-28-48-29-26-40/h1-31,41,45H,32H2,(H,49,50,51). The molecule has 244 valence electrons. The molecule has 1 aromatic heterocycles. The summed E-state index contributed by atoms with van der Waals surface area (Å²) in [6.07, 6.45) is 11.4. The number of benzene rings is 5. The number of amidine groups is 2. The number of fused-ring (bicyclic) bond motifs is 1. The van der Waals surface area contributed by atoms with Gasteiger partial charge in [0.15, 0.2) is 6.17 Å². The van der Waals surface area contributed by atoms with Crippen LogP contribution in [0.1, 0.15) is 51.5 Å². The van der Waals surface area contributed by atoms with Crippen LogP contribution in [-0.2, 0) is 5.41 Å². The van der Waals surface area contributed by atoms with E-state index in [4.69, 9.17) is 9.98 Å². The topological polar surface area (TPSA) is 49.6 Å². The minimum Gasteiger partial charge on any atom is -0.324 e. The zero-order valence-electron chi connectivity index (χ0n) is 28.1. The van der Waals surface area contributed by atoms with Crippen LogP contribution in [0.2, 0.25) is 0 Å².